The molecule has 1 aromatic carbocycles. The van der Waals surface area contributed by atoms with Gasteiger partial charge in [-0.25, -0.2) is 0 Å². The van der Waals surface area contributed by atoms with E-state index in [1.54, 1.807) is 11.8 Å². The summed E-state index contributed by atoms with van der Waals surface area (Å²) < 4.78 is 0. The molecule has 0 saturated heterocycles. The molecule has 0 heterocycles. The molecule has 1 amide bonds. The lowest BCUT2D eigenvalue weighted by atomic mass is 9.86. The van der Waals surface area contributed by atoms with Crippen molar-refractivity contribution in [3.05, 3.63) is 29.3 Å². The van der Waals surface area contributed by atoms with Gasteiger partial charge in [-0.3, -0.25) is 9.59 Å². The first-order chi connectivity index (χ1) is 10.5. The second-order valence-electron chi connectivity index (χ2n) is 5.51. The number of thioether (sulfide) groups is 1. The molecule has 22 heavy (non-hydrogen) atoms. The van der Waals surface area contributed by atoms with Crippen molar-refractivity contribution < 1.29 is 14.7 Å². The molecular weight excluding hydrogens is 322 g/mol. The zero-order chi connectivity index (χ0) is 15.9. The van der Waals surface area contributed by atoms with Crippen molar-refractivity contribution in [1.82, 2.24) is 5.32 Å². The minimum Gasteiger partial charge on any atom is -0.481 e. The number of carboxylic acids is 1. The lowest BCUT2D eigenvalue weighted by Gasteiger charge is -2.26. The smallest absolute Gasteiger partial charge is 0.306 e. The van der Waals surface area contributed by atoms with E-state index in [0.29, 0.717) is 24.3 Å². The van der Waals surface area contributed by atoms with Gasteiger partial charge < -0.3 is 10.4 Å². The van der Waals surface area contributed by atoms with E-state index in [0.717, 1.165) is 23.5 Å². The standard InChI is InChI=1S/C16H20ClNO3S/c17-12-3-7-14(8-4-12)22-10-9-15(19)18-13-5-1-11(2-6-13)16(20)21/h3-4,7-8,11,13H,1-2,5-6,9-10H2,(H,18,19)(H,20,21). The largest absolute Gasteiger partial charge is 0.481 e. The van der Waals surface area contributed by atoms with Gasteiger partial charge in [-0.2, -0.15) is 0 Å². The van der Waals surface area contributed by atoms with Crippen LogP contribution in [0.4, 0.5) is 0 Å². The minimum atomic E-state index is -0.718. The molecule has 0 aliphatic heterocycles. The van der Waals surface area contributed by atoms with Crippen LogP contribution in [0.3, 0.4) is 0 Å². The summed E-state index contributed by atoms with van der Waals surface area (Å²) in [6, 6.07) is 7.69. The molecule has 6 heteroatoms. The number of carboxylic acid groups (broad SMARTS) is 1. The molecule has 2 N–H and O–H groups in total. The number of amides is 1. The maximum absolute atomic E-state index is 11.9. The van der Waals surface area contributed by atoms with E-state index in [1.807, 2.05) is 24.3 Å². The summed E-state index contributed by atoms with van der Waals surface area (Å²) in [5.74, 6) is -0.198. The van der Waals surface area contributed by atoms with Crippen LogP contribution >= 0.6 is 23.4 Å². The minimum absolute atomic E-state index is 0.0419. The van der Waals surface area contributed by atoms with E-state index in [9.17, 15) is 9.59 Å². The van der Waals surface area contributed by atoms with Crippen LogP contribution in [0.2, 0.25) is 5.02 Å². The van der Waals surface area contributed by atoms with Crippen LogP contribution in [-0.4, -0.2) is 28.8 Å². The molecule has 1 aromatic rings. The van der Waals surface area contributed by atoms with Gasteiger partial charge in [-0.1, -0.05) is 11.6 Å². The fraction of sp³-hybridized carbons (Fsp3) is 0.500. The van der Waals surface area contributed by atoms with Crippen molar-refractivity contribution in [2.45, 2.75) is 43.0 Å². The van der Waals surface area contributed by atoms with E-state index in [-0.39, 0.29) is 17.9 Å². The van der Waals surface area contributed by atoms with Gasteiger partial charge in [-0.05, 0) is 49.9 Å². The highest BCUT2D eigenvalue weighted by Crippen LogP contribution is 2.25. The topological polar surface area (TPSA) is 66.4 Å². The molecule has 0 spiro atoms. The molecule has 0 radical (unpaired) electrons. The Morgan fingerprint density at radius 2 is 1.82 bits per heavy atom. The molecular formula is C16H20ClNO3S. The molecule has 0 atom stereocenters. The van der Waals surface area contributed by atoms with Gasteiger partial charge in [-0.15, -0.1) is 11.8 Å². The van der Waals surface area contributed by atoms with Crippen molar-refractivity contribution in [2.24, 2.45) is 5.92 Å². The van der Waals surface area contributed by atoms with E-state index in [4.69, 9.17) is 16.7 Å². The Kier molecular flexibility index (Phi) is 6.58. The number of carbonyl (C=O) groups is 2. The molecule has 2 rings (SSSR count). The molecule has 1 aliphatic carbocycles. The summed E-state index contributed by atoms with van der Waals surface area (Å²) in [5, 5.41) is 12.7. The molecule has 4 nitrogen and oxygen atoms in total. The number of hydrogen-bond acceptors (Lipinski definition) is 3. The third-order valence-electron chi connectivity index (χ3n) is 3.85. The first-order valence-electron chi connectivity index (χ1n) is 7.45. The highest BCUT2D eigenvalue weighted by molar-refractivity contribution is 7.99. The fourth-order valence-electron chi connectivity index (χ4n) is 2.58. The van der Waals surface area contributed by atoms with Crippen LogP contribution in [0.25, 0.3) is 0 Å². The predicted octanol–water partition coefficient (Wildman–Crippen LogP) is 3.58. The Hall–Kier alpha value is -1.20. The van der Waals surface area contributed by atoms with Crippen molar-refractivity contribution in [3.63, 3.8) is 0 Å². The molecule has 0 aromatic heterocycles. The van der Waals surface area contributed by atoms with Gasteiger partial charge >= 0.3 is 5.97 Å². The summed E-state index contributed by atoms with van der Waals surface area (Å²) in [6.07, 6.45) is 3.28. The summed E-state index contributed by atoms with van der Waals surface area (Å²) >= 11 is 7.45. The molecule has 1 saturated carbocycles. The van der Waals surface area contributed by atoms with Gasteiger partial charge in [0.15, 0.2) is 0 Å². The number of halogens is 1. The van der Waals surface area contributed by atoms with Crippen molar-refractivity contribution in [1.29, 1.82) is 0 Å². The number of benzene rings is 1. The fourth-order valence-corrected chi connectivity index (χ4v) is 3.55. The van der Waals surface area contributed by atoms with Gasteiger partial charge in [0.2, 0.25) is 5.91 Å². The molecule has 0 unspecified atom stereocenters. The highest BCUT2D eigenvalue weighted by Gasteiger charge is 2.26. The molecule has 0 bridgehead atoms. The van der Waals surface area contributed by atoms with Gasteiger partial charge in [0.25, 0.3) is 0 Å². The van der Waals surface area contributed by atoms with E-state index < -0.39 is 5.97 Å². The average Bonchev–Trinajstić information content (AvgIpc) is 2.50. The van der Waals surface area contributed by atoms with Crippen LogP contribution in [0.1, 0.15) is 32.1 Å². The number of aliphatic carboxylic acids is 1. The molecule has 1 aliphatic rings. The Morgan fingerprint density at radius 1 is 1.18 bits per heavy atom. The number of carbonyl (C=O) groups excluding carboxylic acids is 1. The van der Waals surface area contributed by atoms with Gasteiger partial charge in [0.1, 0.15) is 0 Å². The van der Waals surface area contributed by atoms with Crippen LogP contribution in [0.15, 0.2) is 29.2 Å². The molecule has 120 valence electrons. The van der Waals surface area contributed by atoms with Crippen LogP contribution < -0.4 is 5.32 Å². The maximum Gasteiger partial charge on any atom is 0.306 e. The highest BCUT2D eigenvalue weighted by atomic mass is 35.5. The maximum atomic E-state index is 11.9. The zero-order valence-electron chi connectivity index (χ0n) is 12.3. The van der Waals surface area contributed by atoms with Crippen molar-refractivity contribution in [3.8, 4) is 0 Å². The summed E-state index contributed by atoms with van der Waals surface area (Å²) in [5.41, 5.74) is 0. The van der Waals surface area contributed by atoms with E-state index in [1.165, 1.54) is 0 Å². The average molecular weight is 342 g/mol. The summed E-state index contributed by atoms with van der Waals surface area (Å²) in [6.45, 7) is 0. The Bertz CT molecular complexity index is 513. The second-order valence-corrected chi connectivity index (χ2v) is 7.11. The Balaban J connectivity index is 1.64. The van der Waals surface area contributed by atoms with Crippen molar-refractivity contribution in [2.75, 3.05) is 5.75 Å². The quantitative estimate of drug-likeness (QED) is 0.776. The van der Waals surface area contributed by atoms with Crippen LogP contribution in [0.5, 0.6) is 0 Å². The number of hydrogen-bond donors (Lipinski definition) is 2. The van der Waals surface area contributed by atoms with E-state index >= 15 is 0 Å². The van der Waals surface area contributed by atoms with E-state index in [2.05, 4.69) is 5.32 Å². The lowest BCUT2D eigenvalue weighted by molar-refractivity contribution is -0.142. The number of rotatable bonds is 6. The first kappa shape index (κ1) is 17.2. The Labute approximate surface area is 139 Å². The SMILES string of the molecule is O=C(CCSc1ccc(Cl)cc1)NC1CCC(C(=O)O)CC1. The van der Waals surface area contributed by atoms with Crippen molar-refractivity contribution >= 4 is 35.2 Å². The van der Waals surface area contributed by atoms with Crippen LogP contribution in [0, 0.1) is 5.92 Å². The van der Waals surface area contributed by atoms with Gasteiger partial charge in [0.05, 0.1) is 5.92 Å². The van der Waals surface area contributed by atoms with Gasteiger partial charge in [0, 0.05) is 28.1 Å². The Morgan fingerprint density at radius 3 is 2.41 bits per heavy atom. The predicted molar refractivity (Wildman–Crippen MR) is 88.3 cm³/mol. The summed E-state index contributed by atoms with van der Waals surface area (Å²) in [4.78, 5) is 23.9. The normalized spacial score (nSPS) is 21.3. The zero-order valence-corrected chi connectivity index (χ0v) is 13.8. The summed E-state index contributed by atoms with van der Waals surface area (Å²) in [7, 11) is 0. The second kappa shape index (κ2) is 8.44. The third-order valence-corrected chi connectivity index (χ3v) is 5.12. The lowest BCUT2D eigenvalue weighted by Crippen LogP contribution is -2.38. The first-order valence-corrected chi connectivity index (χ1v) is 8.81. The third kappa shape index (κ3) is 5.54. The molecule has 1 fully saturated rings. The number of nitrogens with one attached hydrogen (secondary N) is 1. The van der Waals surface area contributed by atoms with Crippen LogP contribution in [-0.2, 0) is 9.59 Å². The monoisotopic (exact) mass is 341 g/mol.